The van der Waals surface area contributed by atoms with Crippen LogP contribution in [0.3, 0.4) is 0 Å². The Bertz CT molecular complexity index is 684. The van der Waals surface area contributed by atoms with Gasteiger partial charge in [0.05, 0.1) is 5.69 Å². The van der Waals surface area contributed by atoms with Crippen molar-refractivity contribution in [2.45, 2.75) is 45.6 Å². The van der Waals surface area contributed by atoms with Crippen LogP contribution in [0.1, 0.15) is 33.1 Å². The van der Waals surface area contributed by atoms with Gasteiger partial charge in [-0.05, 0) is 43.2 Å². The molecule has 0 bridgehead atoms. The number of alkyl halides is 3. The Labute approximate surface area is 151 Å². The smallest absolute Gasteiger partial charge is 0.404 e. The number of ether oxygens (including phenoxy) is 1. The van der Waals surface area contributed by atoms with E-state index in [0.29, 0.717) is 11.8 Å². The van der Waals surface area contributed by atoms with Crippen LogP contribution < -0.4 is 9.64 Å². The van der Waals surface area contributed by atoms with Crippen LogP contribution in [0, 0.1) is 11.8 Å². The number of anilines is 1. The highest BCUT2D eigenvalue weighted by Crippen LogP contribution is 2.40. The van der Waals surface area contributed by atoms with Gasteiger partial charge in [0.15, 0.2) is 18.2 Å². The normalized spacial score (nSPS) is 20.5. The fraction of sp³-hybridized carbons (Fsp3) is 0.526. The molecule has 7 heteroatoms. The van der Waals surface area contributed by atoms with Gasteiger partial charge in [0.25, 0.3) is 0 Å². The Balaban J connectivity index is 1.94. The molecule has 1 heterocycles. The summed E-state index contributed by atoms with van der Waals surface area (Å²) in [5.41, 5.74) is 1.22. The molecule has 1 fully saturated rings. The van der Waals surface area contributed by atoms with E-state index in [-0.39, 0.29) is 11.4 Å². The monoisotopic (exact) mass is 368 g/mol. The van der Waals surface area contributed by atoms with Crippen molar-refractivity contribution in [3.8, 4) is 5.75 Å². The fourth-order valence-corrected chi connectivity index (χ4v) is 3.26. The van der Waals surface area contributed by atoms with E-state index in [0.717, 1.165) is 37.8 Å². The zero-order chi connectivity index (χ0) is 18.9. The molecule has 1 unspecified atom stereocenters. The van der Waals surface area contributed by atoms with E-state index >= 15 is 0 Å². The summed E-state index contributed by atoms with van der Waals surface area (Å²) in [5, 5.41) is 0. The largest absolute Gasteiger partial charge is 0.573 e. The van der Waals surface area contributed by atoms with E-state index < -0.39 is 12.5 Å². The summed E-state index contributed by atoms with van der Waals surface area (Å²) in [6.45, 7) is 4.91. The van der Waals surface area contributed by atoms with Gasteiger partial charge in [0.2, 0.25) is 0 Å². The molecule has 4 nitrogen and oxygen atoms in total. The molecule has 3 rings (SSSR count). The van der Waals surface area contributed by atoms with Gasteiger partial charge >= 0.3 is 6.36 Å². The number of para-hydroxylation sites is 2. The van der Waals surface area contributed by atoms with Gasteiger partial charge in [-0.25, -0.2) is 0 Å². The van der Waals surface area contributed by atoms with E-state index in [4.69, 9.17) is 0 Å². The van der Waals surface area contributed by atoms with Crippen molar-refractivity contribution < 1.29 is 22.7 Å². The molecule has 0 N–H and O–H groups in total. The van der Waals surface area contributed by atoms with E-state index in [1.165, 1.54) is 12.1 Å². The van der Waals surface area contributed by atoms with Gasteiger partial charge in [-0.15, -0.1) is 13.2 Å². The predicted molar refractivity (Wildman–Crippen MR) is 92.4 cm³/mol. The van der Waals surface area contributed by atoms with Crippen molar-refractivity contribution in [2.75, 3.05) is 11.4 Å². The number of benzene rings is 1. The van der Waals surface area contributed by atoms with Crippen molar-refractivity contribution in [3.05, 3.63) is 36.2 Å². The van der Waals surface area contributed by atoms with Crippen molar-refractivity contribution in [1.29, 1.82) is 0 Å². The molecule has 1 aromatic rings. The molecule has 0 saturated heterocycles. The summed E-state index contributed by atoms with van der Waals surface area (Å²) >= 11 is 0. The third-order valence-electron chi connectivity index (χ3n) is 4.52. The SMILES string of the molecule is CC(C)CC1=CN(c2ccccc2OC(F)(F)F)C(C=O)N1CC1CC1. The molecule has 1 aliphatic carbocycles. The number of rotatable bonds is 7. The lowest BCUT2D eigenvalue weighted by Gasteiger charge is -2.31. The summed E-state index contributed by atoms with van der Waals surface area (Å²) < 4.78 is 42.4. The van der Waals surface area contributed by atoms with Gasteiger partial charge in [0.1, 0.15) is 0 Å². The third kappa shape index (κ3) is 4.31. The molecule has 0 aromatic heterocycles. The minimum Gasteiger partial charge on any atom is -0.404 e. The van der Waals surface area contributed by atoms with Gasteiger partial charge in [0, 0.05) is 18.4 Å². The van der Waals surface area contributed by atoms with Crippen LogP contribution in [0.2, 0.25) is 0 Å². The van der Waals surface area contributed by atoms with Crippen molar-refractivity contribution in [2.24, 2.45) is 11.8 Å². The van der Waals surface area contributed by atoms with Crippen LogP contribution in [0.15, 0.2) is 36.2 Å². The highest BCUT2D eigenvalue weighted by molar-refractivity contribution is 5.73. The second kappa shape index (κ2) is 7.21. The summed E-state index contributed by atoms with van der Waals surface area (Å²) in [5.74, 6) is 0.617. The number of halogens is 3. The molecule has 2 aliphatic rings. The lowest BCUT2D eigenvalue weighted by molar-refractivity contribution is -0.274. The standard InChI is InChI=1S/C19H23F3N2O2/c1-13(2)9-15-11-24(18(12-25)23(15)10-14-7-8-14)16-5-3-4-6-17(16)26-19(20,21)22/h3-6,11-14,18H,7-10H2,1-2H3. The number of allylic oxidation sites excluding steroid dienone is 1. The zero-order valence-corrected chi connectivity index (χ0v) is 14.9. The van der Waals surface area contributed by atoms with Gasteiger partial charge < -0.3 is 14.5 Å². The summed E-state index contributed by atoms with van der Waals surface area (Å²) in [7, 11) is 0. The van der Waals surface area contributed by atoms with Crippen molar-refractivity contribution >= 4 is 12.0 Å². The molecule has 0 radical (unpaired) electrons. The topological polar surface area (TPSA) is 32.8 Å². The summed E-state index contributed by atoms with van der Waals surface area (Å²) in [6, 6.07) is 5.93. The first kappa shape index (κ1) is 18.6. The second-order valence-electron chi connectivity index (χ2n) is 7.29. The van der Waals surface area contributed by atoms with Crippen LogP contribution in [0.4, 0.5) is 18.9 Å². The summed E-state index contributed by atoms with van der Waals surface area (Å²) in [4.78, 5) is 15.5. The Morgan fingerprint density at radius 3 is 2.54 bits per heavy atom. The first-order valence-electron chi connectivity index (χ1n) is 8.84. The van der Waals surface area contributed by atoms with Crippen LogP contribution in [0.25, 0.3) is 0 Å². The number of carbonyl (C=O) groups excluding carboxylic acids is 1. The van der Waals surface area contributed by atoms with Gasteiger partial charge in [-0.2, -0.15) is 0 Å². The van der Waals surface area contributed by atoms with Crippen LogP contribution >= 0.6 is 0 Å². The maximum atomic E-state index is 12.8. The average Bonchev–Trinajstić information content (AvgIpc) is 3.29. The first-order chi connectivity index (χ1) is 12.3. The predicted octanol–water partition coefficient (Wildman–Crippen LogP) is 4.53. The Kier molecular flexibility index (Phi) is 5.16. The quantitative estimate of drug-likeness (QED) is 0.662. The van der Waals surface area contributed by atoms with E-state index in [1.807, 2.05) is 4.90 Å². The fourth-order valence-electron chi connectivity index (χ4n) is 3.26. The molecule has 1 atom stereocenters. The lowest BCUT2D eigenvalue weighted by Crippen LogP contribution is -2.42. The molecular formula is C19H23F3N2O2. The van der Waals surface area contributed by atoms with Crippen LogP contribution in [-0.2, 0) is 4.79 Å². The Hall–Kier alpha value is -2.18. The number of aldehydes is 1. The van der Waals surface area contributed by atoms with Crippen molar-refractivity contribution in [1.82, 2.24) is 4.90 Å². The zero-order valence-electron chi connectivity index (χ0n) is 14.9. The number of carbonyl (C=O) groups is 1. The molecule has 0 spiro atoms. The van der Waals surface area contributed by atoms with Gasteiger partial charge in [-0.1, -0.05) is 26.0 Å². The maximum Gasteiger partial charge on any atom is 0.573 e. The third-order valence-corrected chi connectivity index (χ3v) is 4.52. The van der Waals surface area contributed by atoms with Crippen molar-refractivity contribution in [3.63, 3.8) is 0 Å². The van der Waals surface area contributed by atoms with E-state index in [1.54, 1.807) is 23.2 Å². The lowest BCUT2D eigenvalue weighted by atomic mass is 10.1. The Morgan fingerprint density at radius 2 is 1.96 bits per heavy atom. The molecule has 1 aliphatic heterocycles. The average molecular weight is 368 g/mol. The van der Waals surface area contributed by atoms with Crippen LogP contribution in [0.5, 0.6) is 5.75 Å². The molecular weight excluding hydrogens is 345 g/mol. The number of hydrogen-bond acceptors (Lipinski definition) is 4. The number of nitrogens with zero attached hydrogens (tertiary/aromatic N) is 2. The van der Waals surface area contributed by atoms with E-state index in [9.17, 15) is 18.0 Å². The molecule has 26 heavy (non-hydrogen) atoms. The highest BCUT2D eigenvalue weighted by atomic mass is 19.4. The molecule has 1 saturated carbocycles. The maximum absolute atomic E-state index is 12.8. The Morgan fingerprint density at radius 1 is 1.27 bits per heavy atom. The van der Waals surface area contributed by atoms with Crippen LogP contribution in [-0.4, -0.2) is 30.3 Å². The first-order valence-corrected chi connectivity index (χ1v) is 8.84. The van der Waals surface area contributed by atoms with Gasteiger partial charge in [-0.3, -0.25) is 4.79 Å². The molecule has 142 valence electrons. The minimum atomic E-state index is -4.79. The second-order valence-corrected chi connectivity index (χ2v) is 7.29. The minimum absolute atomic E-state index is 0.237. The summed E-state index contributed by atoms with van der Waals surface area (Å²) in [6.07, 6.45) is 0.162. The molecule has 1 aromatic carbocycles. The number of hydrogen-bond donors (Lipinski definition) is 0. The highest BCUT2D eigenvalue weighted by Gasteiger charge is 2.39. The van der Waals surface area contributed by atoms with E-state index in [2.05, 4.69) is 18.6 Å². The molecule has 0 amide bonds.